The molecule has 2 aromatic rings. The predicted molar refractivity (Wildman–Crippen MR) is 122 cm³/mol. The van der Waals surface area contributed by atoms with Crippen molar-refractivity contribution in [2.75, 3.05) is 50.1 Å². The Morgan fingerprint density at radius 2 is 1.79 bits per heavy atom. The summed E-state index contributed by atoms with van der Waals surface area (Å²) in [4.78, 5) is 25.1. The summed E-state index contributed by atoms with van der Waals surface area (Å²) in [6, 6.07) is 12.4. The van der Waals surface area contributed by atoms with Crippen molar-refractivity contribution in [2.24, 2.45) is 0 Å². The van der Waals surface area contributed by atoms with Gasteiger partial charge in [0.05, 0.1) is 30.3 Å². The number of anilines is 2. The third-order valence-electron chi connectivity index (χ3n) is 4.96. The normalized spacial score (nSPS) is 15.5. The Balaban J connectivity index is 1.60. The van der Waals surface area contributed by atoms with E-state index >= 15 is 0 Å². The van der Waals surface area contributed by atoms with Gasteiger partial charge in [0, 0.05) is 31.0 Å². The highest BCUT2D eigenvalue weighted by molar-refractivity contribution is 7.89. The van der Waals surface area contributed by atoms with E-state index in [1.165, 1.54) is 35.5 Å². The van der Waals surface area contributed by atoms with Gasteiger partial charge in [-0.15, -0.1) is 0 Å². The molecule has 0 bridgehead atoms. The van der Waals surface area contributed by atoms with E-state index in [4.69, 9.17) is 14.6 Å². The van der Waals surface area contributed by atoms with Crippen LogP contribution in [0.2, 0.25) is 0 Å². The average molecular weight is 478 g/mol. The summed E-state index contributed by atoms with van der Waals surface area (Å²) >= 11 is 0. The molecule has 0 unspecified atom stereocenters. The summed E-state index contributed by atoms with van der Waals surface area (Å²) in [6.07, 6.45) is -1.10. The van der Waals surface area contributed by atoms with Crippen molar-refractivity contribution < 1.29 is 32.6 Å². The quantitative estimate of drug-likeness (QED) is 0.460. The van der Waals surface area contributed by atoms with Crippen molar-refractivity contribution in [3.05, 3.63) is 54.1 Å². The molecular formula is C22H27N3O7S. The number of nitrogens with one attached hydrogen (secondary N) is 2. The number of benzene rings is 2. The Morgan fingerprint density at radius 3 is 2.45 bits per heavy atom. The molecule has 1 saturated heterocycles. The van der Waals surface area contributed by atoms with Crippen LogP contribution in [0.5, 0.6) is 0 Å². The predicted octanol–water partition coefficient (Wildman–Crippen LogP) is 1.30. The zero-order valence-electron chi connectivity index (χ0n) is 18.2. The SMILES string of the molecule is C[C@@H](OC(=O)c1ccccc1NCCO)C(=O)Nc1ccc(S(=O)(=O)N2CCOCC2)cc1. The maximum atomic E-state index is 12.7. The first-order chi connectivity index (χ1) is 15.8. The number of esters is 1. The molecule has 3 N–H and O–H groups in total. The van der Waals surface area contributed by atoms with Gasteiger partial charge in [-0.05, 0) is 43.3 Å². The van der Waals surface area contributed by atoms with Gasteiger partial charge in [0.25, 0.3) is 5.91 Å². The molecule has 0 spiro atoms. The summed E-state index contributed by atoms with van der Waals surface area (Å²) in [7, 11) is -3.63. The molecule has 2 aromatic carbocycles. The number of ether oxygens (including phenoxy) is 2. The second-order valence-electron chi connectivity index (χ2n) is 7.27. The molecule has 0 aliphatic carbocycles. The Labute approximate surface area is 192 Å². The topological polar surface area (TPSA) is 134 Å². The van der Waals surface area contributed by atoms with Crippen molar-refractivity contribution >= 4 is 33.3 Å². The maximum absolute atomic E-state index is 12.7. The highest BCUT2D eigenvalue weighted by atomic mass is 32.2. The van der Waals surface area contributed by atoms with E-state index in [9.17, 15) is 18.0 Å². The van der Waals surface area contributed by atoms with E-state index in [1.807, 2.05) is 0 Å². The molecule has 0 aromatic heterocycles. The number of nitrogens with zero attached hydrogens (tertiary/aromatic N) is 1. The first kappa shape index (κ1) is 24.6. The first-order valence-electron chi connectivity index (χ1n) is 10.5. The highest BCUT2D eigenvalue weighted by Gasteiger charge is 2.26. The molecule has 11 heteroatoms. The van der Waals surface area contributed by atoms with Gasteiger partial charge in [-0.1, -0.05) is 12.1 Å². The lowest BCUT2D eigenvalue weighted by Crippen LogP contribution is -2.40. The summed E-state index contributed by atoms with van der Waals surface area (Å²) in [6.45, 7) is 2.89. The molecule has 0 saturated carbocycles. The van der Waals surface area contributed by atoms with Crippen LogP contribution in [0.4, 0.5) is 11.4 Å². The fraction of sp³-hybridized carbons (Fsp3) is 0.364. The number of amides is 1. The van der Waals surface area contributed by atoms with E-state index in [1.54, 1.807) is 24.3 Å². The lowest BCUT2D eigenvalue weighted by molar-refractivity contribution is -0.123. The Morgan fingerprint density at radius 1 is 1.12 bits per heavy atom. The van der Waals surface area contributed by atoms with Crippen LogP contribution in [0.25, 0.3) is 0 Å². The van der Waals surface area contributed by atoms with Gasteiger partial charge in [0.15, 0.2) is 6.10 Å². The number of carbonyl (C=O) groups excluding carboxylic acids is 2. The second kappa shape index (κ2) is 11.2. The van der Waals surface area contributed by atoms with Gasteiger partial charge in [0.2, 0.25) is 10.0 Å². The number of aliphatic hydroxyl groups is 1. The van der Waals surface area contributed by atoms with Gasteiger partial charge >= 0.3 is 5.97 Å². The maximum Gasteiger partial charge on any atom is 0.341 e. The van der Waals surface area contributed by atoms with E-state index in [0.717, 1.165) is 0 Å². The monoisotopic (exact) mass is 477 g/mol. The summed E-state index contributed by atoms with van der Waals surface area (Å²) in [5, 5.41) is 14.5. The van der Waals surface area contributed by atoms with Crippen molar-refractivity contribution in [3.63, 3.8) is 0 Å². The molecule has 1 fully saturated rings. The van der Waals surface area contributed by atoms with Crippen molar-refractivity contribution in [2.45, 2.75) is 17.9 Å². The number of rotatable bonds is 9. The third kappa shape index (κ3) is 6.29. The Hall–Kier alpha value is -2.99. The fourth-order valence-electron chi connectivity index (χ4n) is 3.17. The zero-order valence-corrected chi connectivity index (χ0v) is 19.0. The number of aliphatic hydroxyl groups excluding tert-OH is 1. The highest BCUT2D eigenvalue weighted by Crippen LogP contribution is 2.20. The number of morpholine rings is 1. The number of hydrogen-bond acceptors (Lipinski definition) is 8. The van der Waals surface area contributed by atoms with Crippen LogP contribution in [0, 0.1) is 0 Å². The van der Waals surface area contributed by atoms with Crippen LogP contribution in [0.3, 0.4) is 0 Å². The van der Waals surface area contributed by atoms with Gasteiger partial charge in [-0.2, -0.15) is 4.31 Å². The number of sulfonamides is 1. The zero-order chi connectivity index (χ0) is 23.8. The molecule has 178 valence electrons. The third-order valence-corrected chi connectivity index (χ3v) is 6.87. The van der Waals surface area contributed by atoms with E-state index in [0.29, 0.717) is 37.7 Å². The largest absolute Gasteiger partial charge is 0.449 e. The molecule has 3 rings (SSSR count). The van der Waals surface area contributed by atoms with Crippen molar-refractivity contribution in [3.8, 4) is 0 Å². The molecular weight excluding hydrogens is 450 g/mol. The standard InChI is InChI=1S/C22H27N3O7S/c1-16(32-22(28)19-4-2-3-5-20(19)23-10-13-26)21(27)24-17-6-8-18(9-7-17)33(29,30)25-11-14-31-15-12-25/h2-9,16,23,26H,10-15H2,1H3,(H,24,27)/t16-/m1/s1. The Kier molecular flexibility index (Phi) is 8.39. The minimum Gasteiger partial charge on any atom is -0.449 e. The van der Waals surface area contributed by atoms with Crippen LogP contribution < -0.4 is 10.6 Å². The molecule has 1 aliphatic rings. The van der Waals surface area contributed by atoms with Gasteiger partial charge in [-0.3, -0.25) is 4.79 Å². The number of carbonyl (C=O) groups is 2. The van der Waals surface area contributed by atoms with E-state index in [-0.39, 0.29) is 23.6 Å². The van der Waals surface area contributed by atoms with Gasteiger partial charge in [-0.25, -0.2) is 13.2 Å². The molecule has 1 amide bonds. The van der Waals surface area contributed by atoms with Gasteiger partial charge in [0.1, 0.15) is 0 Å². The van der Waals surface area contributed by atoms with Crippen LogP contribution in [0.15, 0.2) is 53.4 Å². The minimum absolute atomic E-state index is 0.102. The molecule has 1 atom stereocenters. The van der Waals surface area contributed by atoms with E-state index < -0.39 is 28.0 Å². The number of para-hydroxylation sites is 1. The molecule has 33 heavy (non-hydrogen) atoms. The Bertz CT molecular complexity index is 1070. The van der Waals surface area contributed by atoms with Crippen molar-refractivity contribution in [1.82, 2.24) is 4.31 Å². The molecule has 10 nitrogen and oxygen atoms in total. The van der Waals surface area contributed by atoms with Crippen LogP contribution >= 0.6 is 0 Å². The summed E-state index contributed by atoms with van der Waals surface area (Å²) < 4.78 is 37.2. The second-order valence-corrected chi connectivity index (χ2v) is 9.21. The minimum atomic E-state index is -3.63. The van der Waals surface area contributed by atoms with E-state index in [2.05, 4.69) is 10.6 Å². The summed E-state index contributed by atoms with van der Waals surface area (Å²) in [5.74, 6) is -1.25. The summed E-state index contributed by atoms with van der Waals surface area (Å²) in [5.41, 5.74) is 1.10. The van der Waals surface area contributed by atoms with Crippen molar-refractivity contribution in [1.29, 1.82) is 0 Å². The van der Waals surface area contributed by atoms with Gasteiger partial charge < -0.3 is 25.2 Å². The van der Waals surface area contributed by atoms with Crippen LogP contribution in [0.1, 0.15) is 17.3 Å². The first-order valence-corrected chi connectivity index (χ1v) is 11.9. The average Bonchev–Trinajstić information content (AvgIpc) is 2.83. The lowest BCUT2D eigenvalue weighted by atomic mass is 10.1. The fourth-order valence-corrected chi connectivity index (χ4v) is 4.58. The van der Waals surface area contributed by atoms with Crippen LogP contribution in [-0.4, -0.2) is 75.3 Å². The lowest BCUT2D eigenvalue weighted by Gasteiger charge is -2.26. The molecule has 1 aliphatic heterocycles. The van der Waals surface area contributed by atoms with Crippen LogP contribution in [-0.2, 0) is 24.3 Å². The molecule has 1 heterocycles. The smallest absolute Gasteiger partial charge is 0.341 e. The molecule has 0 radical (unpaired) electrons. The number of hydrogen-bond donors (Lipinski definition) is 3.